The smallest absolute Gasteiger partial charge is 0.0159 e. The first-order valence-electron chi connectivity index (χ1n) is 23.1. The van der Waals surface area contributed by atoms with Crippen molar-refractivity contribution < 1.29 is 0 Å². The maximum Gasteiger partial charge on any atom is 0.0159 e. The van der Waals surface area contributed by atoms with Crippen LogP contribution < -0.4 is 0 Å². The quantitative estimate of drug-likeness (QED) is 0.157. The van der Waals surface area contributed by atoms with Crippen molar-refractivity contribution in [3.8, 4) is 77.9 Å². The average molecular weight is 827 g/mol. The highest BCUT2D eigenvalue weighted by atomic mass is 14.4. The Bertz CT molecular complexity index is 3610. The lowest BCUT2D eigenvalue weighted by atomic mass is 9.80. The monoisotopic (exact) mass is 826 g/mol. The maximum absolute atomic E-state index is 2.44. The van der Waals surface area contributed by atoms with Gasteiger partial charge in [0.25, 0.3) is 0 Å². The number of fused-ring (bicyclic) bond motifs is 4. The van der Waals surface area contributed by atoms with Gasteiger partial charge in [0.15, 0.2) is 0 Å². The molecule has 0 saturated heterocycles. The molecule has 0 fully saturated rings. The standard InChI is InChI=1S/C65H46/c1-65(2)61-39-53(45-19-17-43(18-20-45)41-13-15-42(16-14-41)44-21-25-48(26-22-44)56-12-6-8-47-7-3-4-11-55(47)56)33-36-58(61)59-37-34-54(40-62(59)65)46-23-27-49(28-24-46)57-35-31-52-30-29-50-9-5-10-51-32-38-60(57)64(52)63(50)51/h3-8,10-29,31-40H,9,30H2,1-2H3. The van der Waals surface area contributed by atoms with E-state index in [1.54, 1.807) is 0 Å². The van der Waals surface area contributed by atoms with E-state index in [1.165, 1.54) is 133 Å². The molecule has 306 valence electrons. The molecule has 0 amide bonds. The Morgan fingerprint density at radius 3 is 1.43 bits per heavy atom. The van der Waals surface area contributed by atoms with Gasteiger partial charge >= 0.3 is 0 Å². The minimum absolute atomic E-state index is 0.123. The lowest BCUT2D eigenvalue weighted by Gasteiger charge is -2.24. The van der Waals surface area contributed by atoms with Crippen molar-refractivity contribution in [2.24, 2.45) is 0 Å². The summed E-state index contributed by atoms with van der Waals surface area (Å²) in [6.07, 6.45) is 9.08. The van der Waals surface area contributed by atoms with Gasteiger partial charge in [0.05, 0.1) is 0 Å². The first kappa shape index (κ1) is 37.7. The minimum atomic E-state index is -0.123. The van der Waals surface area contributed by atoms with E-state index in [2.05, 4.69) is 232 Å². The second-order valence-electron chi connectivity index (χ2n) is 18.7. The SMILES string of the molecule is CC1(C)c2cc(-c3ccc(-c4ccc(-c5ccc(-c6cccc7ccccc67)cc5)cc4)cc3)ccc2-c2ccc(-c3ccc(-c4ccc5c6c7c(ccc46)C=CCC7=CC5)cc3)cc21. The Labute approximate surface area is 381 Å². The number of hydrogen-bond donors (Lipinski definition) is 0. The van der Waals surface area contributed by atoms with Crippen LogP contribution in [0.2, 0.25) is 0 Å². The van der Waals surface area contributed by atoms with Gasteiger partial charge in [-0.2, -0.15) is 0 Å². The Hall–Kier alpha value is -7.80. The molecule has 10 aromatic rings. The first-order valence-corrected chi connectivity index (χ1v) is 23.1. The largest absolute Gasteiger partial charge is 0.0795 e. The van der Waals surface area contributed by atoms with Crippen molar-refractivity contribution in [1.29, 1.82) is 0 Å². The van der Waals surface area contributed by atoms with Crippen LogP contribution in [0, 0.1) is 0 Å². The minimum Gasteiger partial charge on any atom is -0.0795 e. The van der Waals surface area contributed by atoms with Crippen molar-refractivity contribution in [1.82, 2.24) is 0 Å². The molecule has 0 nitrogen and oxygen atoms in total. The van der Waals surface area contributed by atoms with Gasteiger partial charge in [0.1, 0.15) is 0 Å². The Morgan fingerprint density at radius 2 is 0.846 bits per heavy atom. The fourth-order valence-electron chi connectivity index (χ4n) is 11.2. The second kappa shape index (κ2) is 14.6. The van der Waals surface area contributed by atoms with Crippen LogP contribution in [0.25, 0.3) is 111 Å². The molecule has 65 heavy (non-hydrogen) atoms. The summed E-state index contributed by atoms with van der Waals surface area (Å²) in [5, 5.41) is 5.37. The van der Waals surface area contributed by atoms with E-state index in [9.17, 15) is 0 Å². The van der Waals surface area contributed by atoms with Gasteiger partial charge in [0, 0.05) is 5.41 Å². The van der Waals surface area contributed by atoms with E-state index in [1.807, 2.05) is 0 Å². The molecule has 3 aliphatic carbocycles. The van der Waals surface area contributed by atoms with Gasteiger partial charge < -0.3 is 0 Å². The fourth-order valence-corrected chi connectivity index (χ4v) is 11.2. The van der Waals surface area contributed by atoms with Crippen molar-refractivity contribution in [2.75, 3.05) is 0 Å². The average Bonchev–Trinajstić information content (AvgIpc) is 3.60. The van der Waals surface area contributed by atoms with Crippen LogP contribution >= 0.6 is 0 Å². The highest BCUT2D eigenvalue weighted by Crippen LogP contribution is 2.51. The molecule has 0 atom stereocenters. The zero-order valence-corrected chi connectivity index (χ0v) is 36.7. The van der Waals surface area contributed by atoms with Crippen molar-refractivity contribution in [3.05, 3.63) is 240 Å². The zero-order valence-electron chi connectivity index (χ0n) is 36.7. The van der Waals surface area contributed by atoms with Crippen LogP contribution in [0.1, 0.15) is 48.1 Å². The van der Waals surface area contributed by atoms with Gasteiger partial charge in [-0.15, -0.1) is 0 Å². The van der Waals surface area contributed by atoms with Crippen LogP contribution in [0.5, 0.6) is 0 Å². The summed E-state index contributed by atoms with van der Waals surface area (Å²) >= 11 is 0. The molecular formula is C65H46. The number of hydrogen-bond acceptors (Lipinski definition) is 0. The third-order valence-corrected chi connectivity index (χ3v) is 14.8. The third-order valence-electron chi connectivity index (χ3n) is 14.8. The van der Waals surface area contributed by atoms with Crippen molar-refractivity contribution in [2.45, 2.75) is 32.1 Å². The van der Waals surface area contributed by atoms with Crippen molar-refractivity contribution >= 4 is 33.2 Å². The van der Waals surface area contributed by atoms with Gasteiger partial charge in [-0.1, -0.05) is 220 Å². The van der Waals surface area contributed by atoms with E-state index < -0.39 is 0 Å². The molecule has 0 unspecified atom stereocenters. The molecule has 0 heteroatoms. The lowest BCUT2D eigenvalue weighted by molar-refractivity contribution is 0.661. The predicted molar refractivity (Wildman–Crippen MR) is 277 cm³/mol. The molecule has 0 N–H and O–H groups in total. The molecule has 0 spiro atoms. The molecule has 0 radical (unpaired) electrons. The van der Waals surface area contributed by atoms with Crippen molar-refractivity contribution in [3.63, 3.8) is 0 Å². The molecule has 0 heterocycles. The molecule has 0 bridgehead atoms. The molecule has 13 rings (SSSR count). The summed E-state index contributed by atoms with van der Waals surface area (Å²) in [5.74, 6) is 0. The highest BCUT2D eigenvalue weighted by molar-refractivity contribution is 6.08. The molecular weight excluding hydrogens is 781 g/mol. The summed E-state index contributed by atoms with van der Waals surface area (Å²) in [5.41, 5.74) is 26.1. The van der Waals surface area contributed by atoms with E-state index >= 15 is 0 Å². The number of benzene rings is 10. The van der Waals surface area contributed by atoms with E-state index in [0.717, 1.165) is 12.8 Å². The normalized spacial score (nSPS) is 14.0. The lowest BCUT2D eigenvalue weighted by Crippen LogP contribution is -2.15. The highest BCUT2D eigenvalue weighted by Gasteiger charge is 2.36. The summed E-state index contributed by atoms with van der Waals surface area (Å²) in [6.45, 7) is 4.78. The van der Waals surface area contributed by atoms with E-state index in [0.29, 0.717) is 0 Å². The summed E-state index contributed by atoms with van der Waals surface area (Å²) < 4.78 is 0. The topological polar surface area (TPSA) is 0 Å². The Kier molecular flexibility index (Phi) is 8.49. The summed E-state index contributed by atoms with van der Waals surface area (Å²) in [4.78, 5) is 0. The van der Waals surface area contributed by atoms with Gasteiger partial charge in [-0.25, -0.2) is 0 Å². The van der Waals surface area contributed by atoms with Crippen LogP contribution in [0.3, 0.4) is 0 Å². The molecule has 0 aromatic heterocycles. The molecule has 0 saturated carbocycles. The second-order valence-corrected chi connectivity index (χ2v) is 18.7. The summed E-state index contributed by atoms with van der Waals surface area (Å²) in [6, 6.07) is 75.0. The van der Waals surface area contributed by atoms with Gasteiger partial charge in [-0.05, 0) is 158 Å². The Morgan fingerprint density at radius 1 is 0.369 bits per heavy atom. The van der Waals surface area contributed by atoms with Crippen LogP contribution in [0.15, 0.2) is 212 Å². The van der Waals surface area contributed by atoms with E-state index in [-0.39, 0.29) is 5.41 Å². The van der Waals surface area contributed by atoms with Crippen LogP contribution in [-0.4, -0.2) is 0 Å². The number of allylic oxidation sites excluding steroid dienone is 3. The van der Waals surface area contributed by atoms with Gasteiger partial charge in [-0.3, -0.25) is 0 Å². The van der Waals surface area contributed by atoms with E-state index in [4.69, 9.17) is 0 Å². The van der Waals surface area contributed by atoms with Crippen LogP contribution in [-0.2, 0) is 11.8 Å². The predicted octanol–water partition coefficient (Wildman–Crippen LogP) is 17.7. The fraction of sp³-hybridized carbons (Fsp3) is 0.0769. The third kappa shape index (κ3) is 6.12. The Balaban J connectivity index is 0.730. The zero-order chi connectivity index (χ0) is 43.2. The van der Waals surface area contributed by atoms with Crippen LogP contribution in [0.4, 0.5) is 0 Å². The molecule has 10 aromatic carbocycles. The molecule has 0 aliphatic heterocycles. The molecule has 3 aliphatic rings. The maximum atomic E-state index is 2.44. The number of rotatable bonds is 6. The first-order chi connectivity index (χ1) is 31.9. The van der Waals surface area contributed by atoms with Gasteiger partial charge in [0.2, 0.25) is 0 Å². The summed E-state index contributed by atoms with van der Waals surface area (Å²) in [7, 11) is 0.